The lowest BCUT2D eigenvalue weighted by Gasteiger charge is -2.20. The topological polar surface area (TPSA) is 69.4 Å². The number of rotatable bonds is 3. The molecule has 2 N–H and O–H groups in total. The SMILES string of the molecule is COc1ccc(C(N)C2CCS(=O)(=O)C2)c(C)c1. The summed E-state index contributed by atoms with van der Waals surface area (Å²) in [6.07, 6.45) is 0.662. The zero-order valence-corrected chi connectivity index (χ0v) is 11.5. The maximum atomic E-state index is 11.5. The number of hydrogen-bond acceptors (Lipinski definition) is 4. The van der Waals surface area contributed by atoms with Crippen LogP contribution < -0.4 is 10.5 Å². The normalized spacial score (nSPS) is 23.8. The molecule has 1 saturated heterocycles. The third kappa shape index (κ3) is 2.67. The quantitative estimate of drug-likeness (QED) is 0.901. The number of sulfone groups is 1. The van der Waals surface area contributed by atoms with Crippen molar-refractivity contribution < 1.29 is 13.2 Å². The summed E-state index contributed by atoms with van der Waals surface area (Å²) in [7, 11) is -1.26. The second kappa shape index (κ2) is 4.90. The van der Waals surface area contributed by atoms with Gasteiger partial charge >= 0.3 is 0 Å². The second-order valence-corrected chi connectivity index (χ2v) is 7.14. The number of benzene rings is 1. The Labute approximate surface area is 108 Å². The van der Waals surface area contributed by atoms with Crippen molar-refractivity contribution in [1.29, 1.82) is 0 Å². The Balaban J connectivity index is 2.21. The maximum absolute atomic E-state index is 11.5. The molecule has 0 spiro atoms. The van der Waals surface area contributed by atoms with E-state index in [0.29, 0.717) is 6.42 Å². The number of methoxy groups -OCH3 is 1. The highest BCUT2D eigenvalue weighted by molar-refractivity contribution is 7.91. The van der Waals surface area contributed by atoms with Gasteiger partial charge in [0.25, 0.3) is 0 Å². The van der Waals surface area contributed by atoms with E-state index in [0.717, 1.165) is 16.9 Å². The molecule has 18 heavy (non-hydrogen) atoms. The van der Waals surface area contributed by atoms with Crippen LogP contribution in [0.3, 0.4) is 0 Å². The minimum atomic E-state index is -2.88. The second-order valence-electron chi connectivity index (χ2n) is 4.91. The summed E-state index contributed by atoms with van der Waals surface area (Å²) in [6, 6.07) is 5.52. The van der Waals surface area contributed by atoms with E-state index in [2.05, 4.69) is 0 Å². The van der Waals surface area contributed by atoms with Crippen molar-refractivity contribution in [3.63, 3.8) is 0 Å². The minimum absolute atomic E-state index is 0.0297. The lowest BCUT2D eigenvalue weighted by atomic mass is 9.90. The molecule has 1 aromatic rings. The average Bonchev–Trinajstić information content (AvgIpc) is 2.68. The van der Waals surface area contributed by atoms with Gasteiger partial charge in [-0.25, -0.2) is 8.42 Å². The van der Waals surface area contributed by atoms with Crippen LogP contribution in [-0.4, -0.2) is 27.0 Å². The lowest BCUT2D eigenvalue weighted by molar-refractivity contribution is 0.413. The summed E-state index contributed by atoms with van der Waals surface area (Å²) in [5.74, 6) is 1.30. The van der Waals surface area contributed by atoms with Crippen LogP contribution in [0.25, 0.3) is 0 Å². The molecule has 5 heteroatoms. The van der Waals surface area contributed by atoms with E-state index < -0.39 is 9.84 Å². The fourth-order valence-corrected chi connectivity index (χ4v) is 4.36. The Bertz CT molecular complexity index is 539. The van der Waals surface area contributed by atoms with Crippen molar-refractivity contribution in [1.82, 2.24) is 0 Å². The Kier molecular flexibility index (Phi) is 3.64. The molecule has 1 aliphatic heterocycles. The first-order chi connectivity index (χ1) is 8.43. The van der Waals surface area contributed by atoms with Gasteiger partial charge in [-0.3, -0.25) is 0 Å². The van der Waals surface area contributed by atoms with Crippen LogP contribution in [0.15, 0.2) is 18.2 Å². The first kappa shape index (κ1) is 13.4. The highest BCUT2D eigenvalue weighted by Crippen LogP contribution is 2.32. The molecule has 0 aliphatic carbocycles. The summed E-state index contributed by atoms with van der Waals surface area (Å²) in [6.45, 7) is 1.97. The van der Waals surface area contributed by atoms with E-state index in [4.69, 9.17) is 10.5 Å². The number of aryl methyl sites for hydroxylation is 1. The van der Waals surface area contributed by atoms with E-state index in [1.807, 2.05) is 25.1 Å². The van der Waals surface area contributed by atoms with Gasteiger partial charge in [0.1, 0.15) is 5.75 Å². The minimum Gasteiger partial charge on any atom is -0.497 e. The third-order valence-electron chi connectivity index (χ3n) is 3.61. The number of ether oxygens (including phenoxy) is 1. The molecule has 1 fully saturated rings. The molecule has 2 atom stereocenters. The van der Waals surface area contributed by atoms with Gasteiger partial charge in [0.2, 0.25) is 0 Å². The van der Waals surface area contributed by atoms with Crippen molar-refractivity contribution in [2.75, 3.05) is 18.6 Å². The fourth-order valence-electron chi connectivity index (χ4n) is 2.51. The van der Waals surface area contributed by atoms with Gasteiger partial charge in [0.05, 0.1) is 18.6 Å². The number of hydrogen-bond donors (Lipinski definition) is 1. The molecule has 2 rings (SSSR count). The van der Waals surface area contributed by atoms with Gasteiger partial charge in [-0.15, -0.1) is 0 Å². The van der Waals surface area contributed by atoms with Gasteiger partial charge in [-0.05, 0) is 42.5 Å². The molecule has 0 radical (unpaired) electrons. The zero-order chi connectivity index (χ0) is 13.3. The molecule has 4 nitrogen and oxygen atoms in total. The summed E-state index contributed by atoms with van der Waals surface area (Å²) >= 11 is 0. The lowest BCUT2D eigenvalue weighted by Crippen LogP contribution is -2.23. The summed E-state index contributed by atoms with van der Waals surface area (Å²) in [5, 5.41) is 0. The zero-order valence-electron chi connectivity index (χ0n) is 10.7. The monoisotopic (exact) mass is 269 g/mol. The summed E-state index contributed by atoms with van der Waals surface area (Å²) < 4.78 is 28.1. The molecule has 0 amide bonds. The Morgan fingerprint density at radius 3 is 2.67 bits per heavy atom. The van der Waals surface area contributed by atoms with Crippen molar-refractivity contribution in [2.45, 2.75) is 19.4 Å². The van der Waals surface area contributed by atoms with Crippen LogP contribution in [-0.2, 0) is 9.84 Å². The van der Waals surface area contributed by atoms with Crippen LogP contribution in [0, 0.1) is 12.8 Å². The van der Waals surface area contributed by atoms with Gasteiger partial charge in [-0.1, -0.05) is 6.07 Å². The molecule has 1 heterocycles. The summed E-state index contributed by atoms with van der Waals surface area (Å²) in [5.41, 5.74) is 8.27. The standard InChI is InChI=1S/C13H19NO3S/c1-9-7-11(17-2)3-4-12(9)13(14)10-5-6-18(15,16)8-10/h3-4,7,10,13H,5-6,8,14H2,1-2H3. The molecule has 2 unspecified atom stereocenters. The largest absolute Gasteiger partial charge is 0.497 e. The van der Waals surface area contributed by atoms with Crippen molar-refractivity contribution >= 4 is 9.84 Å². The molecule has 0 bridgehead atoms. The Morgan fingerprint density at radius 2 is 2.17 bits per heavy atom. The summed E-state index contributed by atoms with van der Waals surface area (Å²) in [4.78, 5) is 0. The molecule has 0 saturated carbocycles. The van der Waals surface area contributed by atoms with Gasteiger partial charge in [0, 0.05) is 6.04 Å². The molecule has 1 aromatic carbocycles. The van der Waals surface area contributed by atoms with Gasteiger partial charge in [0.15, 0.2) is 9.84 Å². The first-order valence-corrected chi connectivity index (χ1v) is 7.85. The molecular weight excluding hydrogens is 250 g/mol. The Morgan fingerprint density at radius 1 is 1.44 bits per heavy atom. The maximum Gasteiger partial charge on any atom is 0.150 e. The molecule has 100 valence electrons. The fraction of sp³-hybridized carbons (Fsp3) is 0.538. The molecule has 0 aromatic heterocycles. The van der Waals surface area contributed by atoms with E-state index in [1.54, 1.807) is 7.11 Å². The highest BCUT2D eigenvalue weighted by Gasteiger charge is 2.33. The van der Waals surface area contributed by atoms with Crippen LogP contribution in [0.2, 0.25) is 0 Å². The Hall–Kier alpha value is -1.07. The van der Waals surface area contributed by atoms with Crippen molar-refractivity contribution in [3.05, 3.63) is 29.3 Å². The van der Waals surface area contributed by atoms with Gasteiger partial charge in [-0.2, -0.15) is 0 Å². The van der Waals surface area contributed by atoms with E-state index in [1.165, 1.54) is 0 Å². The third-order valence-corrected chi connectivity index (χ3v) is 5.41. The predicted molar refractivity (Wildman–Crippen MR) is 71.4 cm³/mol. The smallest absolute Gasteiger partial charge is 0.150 e. The van der Waals surface area contributed by atoms with Crippen molar-refractivity contribution in [2.24, 2.45) is 11.7 Å². The van der Waals surface area contributed by atoms with Crippen LogP contribution >= 0.6 is 0 Å². The number of nitrogens with two attached hydrogens (primary N) is 1. The van der Waals surface area contributed by atoms with E-state index in [-0.39, 0.29) is 23.5 Å². The predicted octanol–water partition coefficient (Wildman–Crippen LogP) is 1.44. The van der Waals surface area contributed by atoms with E-state index in [9.17, 15) is 8.42 Å². The van der Waals surface area contributed by atoms with E-state index >= 15 is 0 Å². The average molecular weight is 269 g/mol. The van der Waals surface area contributed by atoms with Crippen LogP contribution in [0.5, 0.6) is 5.75 Å². The van der Waals surface area contributed by atoms with Gasteiger partial charge < -0.3 is 10.5 Å². The van der Waals surface area contributed by atoms with Crippen LogP contribution in [0.1, 0.15) is 23.6 Å². The molecule has 1 aliphatic rings. The first-order valence-electron chi connectivity index (χ1n) is 6.03. The molecular formula is C13H19NO3S. The highest BCUT2D eigenvalue weighted by atomic mass is 32.2. The van der Waals surface area contributed by atoms with Crippen molar-refractivity contribution in [3.8, 4) is 5.75 Å². The van der Waals surface area contributed by atoms with Crippen LogP contribution in [0.4, 0.5) is 0 Å².